The molecule has 1 aliphatic heterocycles. The molecule has 27 heavy (non-hydrogen) atoms. The van der Waals surface area contributed by atoms with E-state index < -0.39 is 6.04 Å². The number of aromatic amines is 1. The lowest BCUT2D eigenvalue weighted by molar-refractivity contribution is -0.143. The summed E-state index contributed by atoms with van der Waals surface area (Å²) in [5, 5.41) is 8.11. The molecule has 2 N–H and O–H groups in total. The molecule has 0 unspecified atom stereocenters. The number of hydrogen-bond donors (Lipinski definition) is 2. The van der Waals surface area contributed by atoms with Gasteiger partial charge in [0.1, 0.15) is 12.6 Å². The molecular formula is C18H18N6O3. The largest absolute Gasteiger partial charge is 0.353 e. The summed E-state index contributed by atoms with van der Waals surface area (Å²) >= 11 is 0. The van der Waals surface area contributed by atoms with Crippen LogP contribution in [0.5, 0.6) is 0 Å². The number of benzene rings is 1. The first kappa shape index (κ1) is 17.0. The van der Waals surface area contributed by atoms with E-state index in [4.69, 9.17) is 0 Å². The second kappa shape index (κ2) is 7.02. The van der Waals surface area contributed by atoms with Crippen molar-refractivity contribution in [3.63, 3.8) is 0 Å². The van der Waals surface area contributed by atoms with E-state index in [-0.39, 0.29) is 23.9 Å². The van der Waals surface area contributed by atoms with Crippen LogP contribution in [0, 0.1) is 0 Å². The van der Waals surface area contributed by atoms with Gasteiger partial charge in [0.15, 0.2) is 0 Å². The van der Waals surface area contributed by atoms with Gasteiger partial charge in [0.05, 0.1) is 17.9 Å². The zero-order valence-electron chi connectivity index (χ0n) is 14.5. The molecular weight excluding hydrogens is 348 g/mol. The minimum atomic E-state index is -0.650. The summed E-state index contributed by atoms with van der Waals surface area (Å²) in [6.07, 6.45) is 5.05. The Morgan fingerprint density at radius 1 is 1.22 bits per heavy atom. The molecule has 1 fully saturated rings. The first-order valence-electron chi connectivity index (χ1n) is 8.63. The number of rotatable bonds is 4. The molecule has 1 aromatic carbocycles. The maximum Gasteiger partial charge on any atom is 0.275 e. The van der Waals surface area contributed by atoms with Gasteiger partial charge in [-0.3, -0.25) is 14.4 Å². The van der Waals surface area contributed by atoms with Crippen LogP contribution < -0.4 is 10.9 Å². The van der Waals surface area contributed by atoms with E-state index in [1.165, 1.54) is 11.2 Å². The molecule has 0 spiro atoms. The maximum atomic E-state index is 12.9. The Labute approximate surface area is 154 Å². The van der Waals surface area contributed by atoms with Crippen LogP contribution in [-0.4, -0.2) is 55.6 Å². The second-order valence-corrected chi connectivity index (χ2v) is 6.37. The van der Waals surface area contributed by atoms with Crippen LogP contribution in [0.1, 0.15) is 5.69 Å². The van der Waals surface area contributed by atoms with Crippen molar-refractivity contribution in [3.05, 3.63) is 59.0 Å². The maximum absolute atomic E-state index is 12.9. The Kier molecular flexibility index (Phi) is 4.41. The lowest BCUT2D eigenvalue weighted by atomic mass is 10.1. The Morgan fingerprint density at radius 3 is 2.89 bits per heavy atom. The molecule has 3 heterocycles. The fourth-order valence-corrected chi connectivity index (χ4v) is 3.28. The summed E-state index contributed by atoms with van der Waals surface area (Å²) in [5.74, 6) is -0.540. The fourth-order valence-electron chi connectivity index (χ4n) is 3.28. The zero-order valence-corrected chi connectivity index (χ0v) is 14.5. The lowest BCUT2D eigenvalue weighted by Crippen LogP contribution is -2.58. The van der Waals surface area contributed by atoms with E-state index in [1.54, 1.807) is 30.6 Å². The van der Waals surface area contributed by atoms with Crippen LogP contribution in [0.3, 0.4) is 0 Å². The van der Waals surface area contributed by atoms with Crippen LogP contribution in [0.15, 0.2) is 47.8 Å². The molecule has 1 saturated heterocycles. The van der Waals surface area contributed by atoms with Gasteiger partial charge in [-0.05, 0) is 6.07 Å². The smallest absolute Gasteiger partial charge is 0.275 e. The molecule has 9 nitrogen and oxygen atoms in total. The Hall–Kier alpha value is -3.49. The number of fused-ring (bicyclic) bond motifs is 1. The lowest BCUT2D eigenvalue weighted by Gasteiger charge is -2.34. The van der Waals surface area contributed by atoms with E-state index in [1.807, 2.05) is 6.07 Å². The molecule has 0 radical (unpaired) electrons. The monoisotopic (exact) mass is 366 g/mol. The summed E-state index contributed by atoms with van der Waals surface area (Å²) in [7, 11) is 0. The van der Waals surface area contributed by atoms with Gasteiger partial charge < -0.3 is 15.2 Å². The molecule has 1 aliphatic rings. The van der Waals surface area contributed by atoms with Gasteiger partial charge in [-0.2, -0.15) is 5.10 Å². The van der Waals surface area contributed by atoms with Gasteiger partial charge in [-0.15, -0.1) is 0 Å². The summed E-state index contributed by atoms with van der Waals surface area (Å²) in [6, 6.07) is 6.44. The third-order valence-electron chi connectivity index (χ3n) is 4.67. The predicted octanol–water partition coefficient (Wildman–Crippen LogP) is -0.311. The van der Waals surface area contributed by atoms with Gasteiger partial charge in [0.2, 0.25) is 11.8 Å². The highest BCUT2D eigenvalue weighted by Gasteiger charge is 2.33. The SMILES string of the molecule is O=C1NCCN(C(=O)Cn2ncc3ccccc3c2=O)[C@H]1Cc1cnc[nH]1. The molecule has 9 heteroatoms. The fraction of sp³-hybridized carbons (Fsp3) is 0.278. The Balaban J connectivity index is 1.58. The summed E-state index contributed by atoms with van der Waals surface area (Å²) in [5.41, 5.74) is 0.434. The van der Waals surface area contributed by atoms with Crippen molar-refractivity contribution in [2.24, 2.45) is 0 Å². The van der Waals surface area contributed by atoms with Crippen LogP contribution in [0.4, 0.5) is 0 Å². The number of nitrogens with one attached hydrogen (secondary N) is 2. The third kappa shape index (κ3) is 3.31. The topological polar surface area (TPSA) is 113 Å². The number of hydrogen-bond acceptors (Lipinski definition) is 5. The Bertz CT molecular complexity index is 1040. The molecule has 0 aliphatic carbocycles. The highest BCUT2D eigenvalue weighted by atomic mass is 16.2. The van der Waals surface area contributed by atoms with E-state index in [0.29, 0.717) is 24.9 Å². The first-order chi connectivity index (χ1) is 13.1. The number of aromatic nitrogens is 4. The Morgan fingerprint density at radius 2 is 2.07 bits per heavy atom. The molecule has 1 atom stereocenters. The summed E-state index contributed by atoms with van der Waals surface area (Å²) in [6.45, 7) is 0.548. The van der Waals surface area contributed by atoms with E-state index in [9.17, 15) is 14.4 Å². The average molecular weight is 366 g/mol. The number of carbonyl (C=O) groups excluding carboxylic acids is 2. The van der Waals surface area contributed by atoms with Crippen LogP contribution in [-0.2, 0) is 22.6 Å². The van der Waals surface area contributed by atoms with E-state index in [2.05, 4.69) is 20.4 Å². The molecule has 2 aromatic heterocycles. The van der Waals surface area contributed by atoms with Crippen molar-refractivity contribution >= 4 is 22.6 Å². The standard InChI is InChI=1S/C18H18N6O3/c25-16(10-24-18(27)14-4-2-1-3-12(14)8-22-24)23-6-5-20-17(26)15(23)7-13-9-19-11-21-13/h1-4,8-9,11,15H,5-7,10H2,(H,19,21)(H,20,26)/t15-/m0/s1. The minimum absolute atomic E-state index is 0.212. The molecule has 0 saturated carbocycles. The van der Waals surface area contributed by atoms with Crippen LogP contribution in [0.2, 0.25) is 0 Å². The van der Waals surface area contributed by atoms with Gasteiger partial charge in [-0.1, -0.05) is 18.2 Å². The number of piperazine rings is 1. The van der Waals surface area contributed by atoms with Gasteiger partial charge in [-0.25, -0.2) is 9.67 Å². The van der Waals surface area contributed by atoms with Gasteiger partial charge >= 0.3 is 0 Å². The second-order valence-electron chi connectivity index (χ2n) is 6.37. The number of carbonyl (C=O) groups is 2. The average Bonchev–Trinajstić information content (AvgIpc) is 3.19. The van der Waals surface area contributed by atoms with Crippen molar-refractivity contribution in [2.75, 3.05) is 13.1 Å². The third-order valence-corrected chi connectivity index (χ3v) is 4.67. The number of amides is 2. The number of imidazole rings is 1. The quantitative estimate of drug-likeness (QED) is 0.658. The predicted molar refractivity (Wildman–Crippen MR) is 96.8 cm³/mol. The highest BCUT2D eigenvalue weighted by Crippen LogP contribution is 2.12. The van der Waals surface area contributed by atoms with Crippen molar-refractivity contribution < 1.29 is 9.59 Å². The molecule has 138 valence electrons. The molecule has 2 amide bonds. The van der Waals surface area contributed by atoms with Crippen molar-refractivity contribution in [2.45, 2.75) is 19.0 Å². The molecule has 3 aromatic rings. The minimum Gasteiger partial charge on any atom is -0.353 e. The van der Waals surface area contributed by atoms with E-state index >= 15 is 0 Å². The first-order valence-corrected chi connectivity index (χ1v) is 8.63. The van der Waals surface area contributed by atoms with Gasteiger partial charge in [0.25, 0.3) is 5.56 Å². The summed E-state index contributed by atoms with van der Waals surface area (Å²) in [4.78, 5) is 46.1. The van der Waals surface area contributed by atoms with Gasteiger partial charge in [0, 0.05) is 36.8 Å². The highest BCUT2D eigenvalue weighted by molar-refractivity contribution is 5.89. The number of H-pyrrole nitrogens is 1. The van der Waals surface area contributed by atoms with Crippen molar-refractivity contribution in [1.29, 1.82) is 0 Å². The van der Waals surface area contributed by atoms with E-state index in [0.717, 1.165) is 15.8 Å². The normalized spacial score (nSPS) is 17.1. The van der Waals surface area contributed by atoms with Crippen LogP contribution in [0.25, 0.3) is 10.8 Å². The molecule has 0 bridgehead atoms. The van der Waals surface area contributed by atoms with Crippen molar-refractivity contribution in [3.8, 4) is 0 Å². The van der Waals surface area contributed by atoms with Crippen LogP contribution >= 0.6 is 0 Å². The molecule has 4 rings (SSSR count). The number of nitrogens with zero attached hydrogens (tertiary/aromatic N) is 4. The summed E-state index contributed by atoms with van der Waals surface area (Å²) < 4.78 is 1.14. The van der Waals surface area contributed by atoms with Crippen molar-refractivity contribution in [1.82, 2.24) is 30.0 Å². The zero-order chi connectivity index (χ0) is 18.8.